The summed E-state index contributed by atoms with van der Waals surface area (Å²) < 4.78 is 67.2. The van der Waals surface area contributed by atoms with Gasteiger partial charge in [-0.25, -0.2) is 22.0 Å². The monoisotopic (exact) mass is 511 g/mol. The molecule has 1 fully saturated rings. The van der Waals surface area contributed by atoms with Gasteiger partial charge in [-0.1, -0.05) is 0 Å². The largest absolute Gasteiger partial charge is 0.394 e. The first-order valence-electron chi connectivity index (χ1n) is 10.8. The van der Waals surface area contributed by atoms with Gasteiger partial charge in [0.15, 0.2) is 29.1 Å². The van der Waals surface area contributed by atoms with E-state index >= 15 is 0 Å². The average Bonchev–Trinajstić information content (AvgIpc) is 2.89. The quantitative estimate of drug-likeness (QED) is 0.196. The number of carbonyl (C=O) groups is 3. The third kappa shape index (κ3) is 5.70. The molecule has 36 heavy (non-hydrogen) atoms. The van der Waals surface area contributed by atoms with Crippen molar-refractivity contribution < 1.29 is 41.4 Å². The Kier molecular flexibility index (Phi) is 8.41. The molecule has 1 aliphatic rings. The summed E-state index contributed by atoms with van der Waals surface area (Å²) in [6.45, 7) is 2.09. The topological polar surface area (TPSA) is 90.0 Å². The Morgan fingerprint density at radius 1 is 0.917 bits per heavy atom. The zero-order chi connectivity index (χ0) is 26.6. The number of ketones is 1. The van der Waals surface area contributed by atoms with Crippen molar-refractivity contribution in [1.29, 1.82) is 0 Å². The lowest BCUT2D eigenvalue weighted by Gasteiger charge is -2.37. The normalized spacial score (nSPS) is 14.8. The molecule has 2 N–H and O–H groups in total. The molecule has 0 aromatic heterocycles. The van der Waals surface area contributed by atoms with Crippen molar-refractivity contribution in [2.45, 2.75) is 13.0 Å². The molecule has 2 amide bonds. The second kappa shape index (κ2) is 11.3. The van der Waals surface area contributed by atoms with Gasteiger partial charge in [0.2, 0.25) is 17.6 Å². The van der Waals surface area contributed by atoms with E-state index in [1.165, 1.54) is 11.8 Å². The molecular formula is C24H22F5N3O4. The van der Waals surface area contributed by atoms with Crippen LogP contribution in [0.4, 0.5) is 27.6 Å². The molecule has 0 aliphatic carbocycles. The van der Waals surface area contributed by atoms with Gasteiger partial charge in [0.05, 0.1) is 12.2 Å². The number of hydrogen-bond acceptors (Lipinski definition) is 5. The summed E-state index contributed by atoms with van der Waals surface area (Å²) in [5, 5.41) is 11.7. The number of aliphatic hydroxyl groups excluding tert-OH is 1. The van der Waals surface area contributed by atoms with Gasteiger partial charge in [0, 0.05) is 43.5 Å². The molecule has 192 valence electrons. The second-order valence-electron chi connectivity index (χ2n) is 7.98. The van der Waals surface area contributed by atoms with Gasteiger partial charge in [-0.3, -0.25) is 14.4 Å². The Bertz CT molecular complexity index is 1170. The molecule has 2 aromatic rings. The number of benzene rings is 2. The molecule has 1 saturated heterocycles. The van der Waals surface area contributed by atoms with Crippen LogP contribution in [0.3, 0.4) is 0 Å². The lowest BCUT2D eigenvalue weighted by molar-refractivity contribution is -0.137. The van der Waals surface area contributed by atoms with Gasteiger partial charge in [0.25, 0.3) is 0 Å². The first-order valence-corrected chi connectivity index (χ1v) is 10.8. The van der Waals surface area contributed by atoms with E-state index in [0.29, 0.717) is 30.8 Å². The van der Waals surface area contributed by atoms with Crippen LogP contribution in [0.15, 0.2) is 30.3 Å². The number of Topliss-reactive ketones (excluding diaryl/α,β-unsaturated/α-hetero) is 1. The average molecular weight is 511 g/mol. The van der Waals surface area contributed by atoms with Crippen LogP contribution in [0.5, 0.6) is 0 Å². The van der Waals surface area contributed by atoms with Crippen molar-refractivity contribution in [3.8, 4) is 0 Å². The van der Waals surface area contributed by atoms with Gasteiger partial charge < -0.3 is 20.2 Å². The number of hydrogen-bond donors (Lipinski definition) is 2. The lowest BCUT2D eigenvalue weighted by atomic mass is 10.1. The number of halogens is 5. The summed E-state index contributed by atoms with van der Waals surface area (Å²) in [5.41, 5.74) is 0.113. The molecule has 1 atom stereocenters. The van der Waals surface area contributed by atoms with Crippen LogP contribution in [-0.4, -0.2) is 66.4 Å². The van der Waals surface area contributed by atoms with Crippen molar-refractivity contribution in [2.24, 2.45) is 0 Å². The minimum atomic E-state index is -2.33. The minimum Gasteiger partial charge on any atom is -0.394 e. The zero-order valence-corrected chi connectivity index (χ0v) is 19.0. The van der Waals surface area contributed by atoms with Crippen LogP contribution in [0.1, 0.15) is 22.8 Å². The molecule has 0 radical (unpaired) electrons. The molecule has 3 rings (SSSR count). The highest BCUT2D eigenvalue weighted by Gasteiger charge is 2.28. The Hall–Kier alpha value is -3.80. The number of anilines is 1. The van der Waals surface area contributed by atoms with Crippen LogP contribution in [0, 0.1) is 29.1 Å². The van der Waals surface area contributed by atoms with Crippen molar-refractivity contribution in [2.75, 3.05) is 37.7 Å². The standard InChI is InChI=1S/C24H22F5N3O4/c1-13(34)14-2-4-15(5-3-14)31-8-10-32(11-9-31)24(36)17(12-33)30-18(35)7-6-16-19(25)21(27)23(29)22(28)20(16)26/h2-7,17,33H,8-12H2,1H3,(H,30,35)/t17-/m0/s1. The van der Waals surface area contributed by atoms with Crippen LogP contribution < -0.4 is 10.2 Å². The Labute approximate surface area is 202 Å². The van der Waals surface area contributed by atoms with Crippen LogP contribution in [0.25, 0.3) is 6.08 Å². The first kappa shape index (κ1) is 26.8. The predicted octanol–water partition coefficient (Wildman–Crippen LogP) is 2.42. The Morgan fingerprint density at radius 2 is 1.44 bits per heavy atom. The fourth-order valence-corrected chi connectivity index (χ4v) is 3.64. The van der Waals surface area contributed by atoms with E-state index in [-0.39, 0.29) is 18.9 Å². The van der Waals surface area contributed by atoms with Gasteiger partial charge in [-0.15, -0.1) is 0 Å². The molecule has 2 aromatic carbocycles. The van der Waals surface area contributed by atoms with Gasteiger partial charge in [-0.05, 0) is 37.3 Å². The second-order valence-corrected chi connectivity index (χ2v) is 7.98. The summed E-state index contributed by atoms with van der Waals surface area (Å²) in [6, 6.07) is 5.60. The van der Waals surface area contributed by atoms with E-state index in [9.17, 15) is 41.4 Å². The maximum absolute atomic E-state index is 13.7. The third-order valence-corrected chi connectivity index (χ3v) is 5.67. The van der Waals surface area contributed by atoms with Crippen LogP contribution in [0.2, 0.25) is 0 Å². The van der Waals surface area contributed by atoms with Crippen molar-refractivity contribution in [3.05, 3.63) is 70.6 Å². The van der Waals surface area contributed by atoms with E-state index in [2.05, 4.69) is 5.32 Å². The summed E-state index contributed by atoms with van der Waals surface area (Å²) in [6.07, 6.45) is 0.886. The van der Waals surface area contributed by atoms with Crippen molar-refractivity contribution in [3.63, 3.8) is 0 Å². The van der Waals surface area contributed by atoms with Crippen molar-refractivity contribution >= 4 is 29.4 Å². The number of rotatable bonds is 7. The zero-order valence-electron chi connectivity index (χ0n) is 19.0. The maximum atomic E-state index is 13.7. The summed E-state index contributed by atoms with van der Waals surface area (Å²) in [7, 11) is 0. The first-order chi connectivity index (χ1) is 17.0. The van der Waals surface area contributed by atoms with Gasteiger partial charge >= 0.3 is 0 Å². The number of nitrogens with zero attached hydrogens (tertiary/aromatic N) is 2. The molecule has 0 unspecified atom stereocenters. The molecule has 12 heteroatoms. The highest BCUT2D eigenvalue weighted by atomic mass is 19.2. The molecule has 1 heterocycles. The number of aliphatic hydroxyl groups is 1. The number of carbonyl (C=O) groups excluding carboxylic acids is 3. The molecule has 1 aliphatic heterocycles. The highest BCUT2D eigenvalue weighted by molar-refractivity contribution is 5.96. The number of nitrogens with one attached hydrogen (secondary N) is 1. The fourth-order valence-electron chi connectivity index (χ4n) is 3.64. The van der Waals surface area contributed by atoms with E-state index in [1.54, 1.807) is 24.3 Å². The molecule has 0 spiro atoms. The number of amides is 2. The summed E-state index contributed by atoms with van der Waals surface area (Å²) >= 11 is 0. The van der Waals surface area contributed by atoms with Gasteiger partial charge in [0.1, 0.15) is 6.04 Å². The molecule has 0 bridgehead atoms. The maximum Gasteiger partial charge on any atom is 0.247 e. The third-order valence-electron chi connectivity index (χ3n) is 5.67. The predicted molar refractivity (Wildman–Crippen MR) is 120 cm³/mol. The van der Waals surface area contributed by atoms with Gasteiger partial charge in [-0.2, -0.15) is 0 Å². The molecule has 0 saturated carbocycles. The fraction of sp³-hybridized carbons (Fsp3) is 0.292. The SMILES string of the molecule is CC(=O)c1ccc(N2CCN(C(=O)[C@H](CO)NC(=O)C=Cc3c(F)c(F)c(F)c(F)c3F)CC2)cc1. The lowest BCUT2D eigenvalue weighted by Crippen LogP contribution is -2.56. The van der Waals surface area contributed by atoms with E-state index < -0.39 is 59.1 Å². The highest BCUT2D eigenvalue weighted by Crippen LogP contribution is 2.24. The van der Waals surface area contributed by atoms with E-state index in [0.717, 1.165) is 5.69 Å². The number of piperazine rings is 1. The minimum absolute atomic E-state index is 0.0591. The van der Waals surface area contributed by atoms with Crippen LogP contribution >= 0.6 is 0 Å². The molecule has 7 nitrogen and oxygen atoms in total. The van der Waals surface area contributed by atoms with Crippen molar-refractivity contribution in [1.82, 2.24) is 10.2 Å². The van der Waals surface area contributed by atoms with E-state index in [4.69, 9.17) is 0 Å². The summed E-state index contributed by atoms with van der Waals surface area (Å²) in [4.78, 5) is 39.7. The smallest absolute Gasteiger partial charge is 0.247 e. The summed E-state index contributed by atoms with van der Waals surface area (Å²) in [5.74, 6) is -12.6. The Balaban J connectivity index is 1.60. The van der Waals surface area contributed by atoms with Crippen LogP contribution in [-0.2, 0) is 9.59 Å². The van der Waals surface area contributed by atoms with E-state index in [1.807, 2.05) is 4.90 Å². The Morgan fingerprint density at radius 3 is 1.94 bits per heavy atom. The molecular weight excluding hydrogens is 489 g/mol.